The Morgan fingerprint density at radius 2 is 2.05 bits per heavy atom. The Hall–Kier alpha value is -0.690. The number of hydrogen-bond acceptors (Lipinski definition) is 3. The molecule has 2 aromatic rings. The summed E-state index contributed by atoms with van der Waals surface area (Å²) in [6, 6.07) is 6.26. The van der Waals surface area contributed by atoms with Crippen molar-refractivity contribution in [3.63, 3.8) is 0 Å². The Bertz CT molecular complexity index is 626. The molecule has 0 unspecified atom stereocenters. The smallest absolute Gasteiger partial charge is 0.0743 e. The molecule has 1 N–H and O–H groups in total. The van der Waals surface area contributed by atoms with E-state index in [1.807, 2.05) is 11.6 Å². The highest BCUT2D eigenvalue weighted by Gasteiger charge is 2.13. The highest BCUT2D eigenvalue weighted by molar-refractivity contribution is 9.10. The highest BCUT2D eigenvalue weighted by Crippen LogP contribution is 2.26. The van der Waals surface area contributed by atoms with Gasteiger partial charge in [-0.15, -0.1) is 0 Å². The van der Waals surface area contributed by atoms with Crippen molar-refractivity contribution in [3.8, 4) is 5.69 Å². The summed E-state index contributed by atoms with van der Waals surface area (Å²) in [5, 5.41) is 8.00. The maximum Gasteiger partial charge on any atom is 0.0743 e. The van der Waals surface area contributed by atoms with E-state index in [4.69, 9.17) is 4.74 Å². The molecule has 0 fully saturated rings. The van der Waals surface area contributed by atoms with Gasteiger partial charge in [-0.1, -0.05) is 22.0 Å². The van der Waals surface area contributed by atoms with Gasteiger partial charge in [-0.05, 0) is 47.5 Å². The number of hydrogen-bond donors (Lipinski definition) is 1. The molecule has 0 radical (unpaired) electrons. The van der Waals surface area contributed by atoms with E-state index in [-0.39, 0.29) is 0 Å². The van der Waals surface area contributed by atoms with Crippen LogP contribution in [-0.2, 0) is 11.3 Å². The number of rotatable bonds is 6. The van der Waals surface area contributed by atoms with Crippen molar-refractivity contribution in [1.29, 1.82) is 0 Å². The van der Waals surface area contributed by atoms with Crippen molar-refractivity contribution in [1.82, 2.24) is 15.1 Å². The first-order chi connectivity index (χ1) is 10.0. The molecule has 0 amide bonds. The summed E-state index contributed by atoms with van der Waals surface area (Å²) in [5.41, 5.74) is 4.38. The molecule has 21 heavy (non-hydrogen) atoms. The SMILES string of the molecule is COCCNCc1ccc(Br)cc1-n1nc(C)c(Br)c1C. The Morgan fingerprint density at radius 1 is 1.29 bits per heavy atom. The fourth-order valence-electron chi connectivity index (χ4n) is 2.14. The van der Waals surface area contributed by atoms with Gasteiger partial charge < -0.3 is 10.1 Å². The summed E-state index contributed by atoms with van der Waals surface area (Å²) in [6.45, 7) is 6.38. The fourth-order valence-corrected chi connectivity index (χ4v) is 2.74. The number of ether oxygens (including phenoxy) is 1. The third-order valence-electron chi connectivity index (χ3n) is 3.28. The summed E-state index contributed by atoms with van der Waals surface area (Å²) >= 11 is 7.13. The van der Waals surface area contributed by atoms with Crippen LogP contribution in [0.25, 0.3) is 5.69 Å². The third kappa shape index (κ3) is 3.94. The van der Waals surface area contributed by atoms with Crippen molar-refractivity contribution in [2.75, 3.05) is 20.3 Å². The molecule has 4 nitrogen and oxygen atoms in total. The molecular weight excluding hydrogens is 398 g/mol. The zero-order chi connectivity index (χ0) is 15.4. The minimum Gasteiger partial charge on any atom is -0.383 e. The molecule has 0 spiro atoms. The molecule has 2 rings (SSSR count). The topological polar surface area (TPSA) is 39.1 Å². The van der Waals surface area contributed by atoms with Gasteiger partial charge in [0, 0.05) is 24.7 Å². The number of aromatic nitrogens is 2. The first-order valence-electron chi connectivity index (χ1n) is 6.74. The summed E-state index contributed by atoms with van der Waals surface area (Å²) in [5.74, 6) is 0. The van der Waals surface area contributed by atoms with Crippen LogP contribution in [0.2, 0.25) is 0 Å². The number of nitrogens with one attached hydrogen (secondary N) is 1. The predicted octanol–water partition coefficient (Wildman–Crippen LogP) is 3.75. The first-order valence-corrected chi connectivity index (χ1v) is 8.33. The van der Waals surface area contributed by atoms with E-state index in [0.717, 1.165) is 39.1 Å². The van der Waals surface area contributed by atoms with Gasteiger partial charge in [0.15, 0.2) is 0 Å². The van der Waals surface area contributed by atoms with Crippen LogP contribution in [-0.4, -0.2) is 30.0 Å². The standard InChI is InChI=1S/C15H19Br2N3O/c1-10-15(17)11(2)20(19-10)14-8-13(16)5-4-12(14)9-18-6-7-21-3/h4-5,8,18H,6-7,9H2,1-3H3. The van der Waals surface area contributed by atoms with E-state index in [1.165, 1.54) is 5.56 Å². The van der Waals surface area contributed by atoms with Crippen molar-refractivity contribution in [3.05, 3.63) is 44.1 Å². The molecule has 0 aliphatic rings. The van der Waals surface area contributed by atoms with Crippen LogP contribution < -0.4 is 5.32 Å². The molecule has 6 heteroatoms. The number of nitrogens with zero attached hydrogens (tertiary/aromatic N) is 2. The van der Waals surface area contributed by atoms with Gasteiger partial charge in [-0.3, -0.25) is 0 Å². The third-order valence-corrected chi connectivity index (χ3v) is 4.92. The van der Waals surface area contributed by atoms with Crippen LogP contribution in [0.5, 0.6) is 0 Å². The monoisotopic (exact) mass is 415 g/mol. The summed E-state index contributed by atoms with van der Waals surface area (Å²) < 4.78 is 9.14. The molecule has 0 saturated carbocycles. The lowest BCUT2D eigenvalue weighted by Crippen LogP contribution is -2.20. The molecule has 0 bridgehead atoms. The van der Waals surface area contributed by atoms with E-state index in [1.54, 1.807) is 7.11 Å². The van der Waals surface area contributed by atoms with Crippen LogP contribution in [0, 0.1) is 13.8 Å². The maximum atomic E-state index is 5.06. The van der Waals surface area contributed by atoms with Gasteiger partial charge in [0.2, 0.25) is 0 Å². The van der Waals surface area contributed by atoms with Gasteiger partial charge in [-0.25, -0.2) is 4.68 Å². The lowest BCUT2D eigenvalue weighted by Gasteiger charge is -2.13. The average molecular weight is 417 g/mol. The Labute approximate surface area is 142 Å². The molecule has 0 aliphatic carbocycles. The largest absolute Gasteiger partial charge is 0.383 e. The van der Waals surface area contributed by atoms with Crippen LogP contribution in [0.1, 0.15) is 17.0 Å². The second kappa shape index (κ2) is 7.54. The van der Waals surface area contributed by atoms with Crippen LogP contribution in [0.4, 0.5) is 0 Å². The van der Waals surface area contributed by atoms with Crippen LogP contribution in [0.3, 0.4) is 0 Å². The van der Waals surface area contributed by atoms with Gasteiger partial charge >= 0.3 is 0 Å². The van der Waals surface area contributed by atoms with E-state index in [0.29, 0.717) is 6.61 Å². The molecule has 1 aromatic heterocycles. The zero-order valence-corrected chi connectivity index (χ0v) is 15.6. The van der Waals surface area contributed by atoms with Gasteiger partial charge in [-0.2, -0.15) is 5.10 Å². The lowest BCUT2D eigenvalue weighted by molar-refractivity contribution is 0.199. The van der Waals surface area contributed by atoms with E-state index in [9.17, 15) is 0 Å². The minimum absolute atomic E-state index is 0.706. The average Bonchev–Trinajstić information content (AvgIpc) is 2.72. The lowest BCUT2D eigenvalue weighted by atomic mass is 10.1. The van der Waals surface area contributed by atoms with Gasteiger partial charge in [0.05, 0.1) is 28.2 Å². The van der Waals surface area contributed by atoms with Gasteiger partial charge in [0.1, 0.15) is 0 Å². The fraction of sp³-hybridized carbons (Fsp3) is 0.400. The second-order valence-electron chi connectivity index (χ2n) is 4.84. The molecule has 0 saturated heterocycles. The van der Waals surface area contributed by atoms with Crippen molar-refractivity contribution >= 4 is 31.9 Å². The number of halogens is 2. The zero-order valence-electron chi connectivity index (χ0n) is 12.4. The predicted molar refractivity (Wildman–Crippen MR) is 92.0 cm³/mol. The molecule has 1 aromatic carbocycles. The second-order valence-corrected chi connectivity index (χ2v) is 6.55. The van der Waals surface area contributed by atoms with Crippen molar-refractivity contribution in [2.24, 2.45) is 0 Å². The van der Waals surface area contributed by atoms with Crippen molar-refractivity contribution < 1.29 is 4.74 Å². The number of aryl methyl sites for hydroxylation is 1. The number of methoxy groups -OCH3 is 1. The van der Waals surface area contributed by atoms with Crippen molar-refractivity contribution in [2.45, 2.75) is 20.4 Å². The summed E-state index contributed by atoms with van der Waals surface area (Å²) in [7, 11) is 1.71. The van der Waals surface area contributed by atoms with Gasteiger partial charge in [0.25, 0.3) is 0 Å². The van der Waals surface area contributed by atoms with E-state index < -0.39 is 0 Å². The molecule has 1 heterocycles. The Kier molecular flexibility index (Phi) is 5.98. The molecule has 0 aliphatic heterocycles. The quantitative estimate of drug-likeness (QED) is 0.728. The number of benzene rings is 1. The van der Waals surface area contributed by atoms with Crippen LogP contribution >= 0.6 is 31.9 Å². The first kappa shape index (κ1) is 16.7. The molecule has 114 valence electrons. The van der Waals surface area contributed by atoms with E-state index in [2.05, 4.69) is 67.4 Å². The molecule has 0 atom stereocenters. The van der Waals surface area contributed by atoms with E-state index >= 15 is 0 Å². The Balaban J connectivity index is 2.32. The Morgan fingerprint density at radius 3 is 2.67 bits per heavy atom. The summed E-state index contributed by atoms with van der Waals surface area (Å²) in [4.78, 5) is 0. The highest BCUT2D eigenvalue weighted by atomic mass is 79.9. The maximum absolute atomic E-state index is 5.06. The minimum atomic E-state index is 0.706. The van der Waals surface area contributed by atoms with Crippen LogP contribution in [0.15, 0.2) is 27.1 Å². The normalized spacial score (nSPS) is 11.1. The summed E-state index contributed by atoms with van der Waals surface area (Å²) in [6.07, 6.45) is 0. The molecular formula is C15H19Br2N3O.